The fraction of sp³-hybridized carbons (Fsp3) is 1.00. The van der Waals surface area contributed by atoms with Crippen LogP contribution in [0.3, 0.4) is 0 Å². The standard InChI is InChI=1S/C11H26N2OS/c1-13(2)8-4-6-12-7-11-15-10-5-9-14-3/h12H,4-11H2,1-3H3. The predicted octanol–water partition coefficient (Wildman–Crippen LogP) is 1.30. The highest BCUT2D eigenvalue weighted by atomic mass is 32.2. The molecule has 0 aromatic rings. The Morgan fingerprint density at radius 2 is 1.93 bits per heavy atom. The van der Waals surface area contributed by atoms with Gasteiger partial charge in [0.2, 0.25) is 0 Å². The van der Waals surface area contributed by atoms with Crippen LogP contribution in [0.2, 0.25) is 0 Å². The third-order valence-electron chi connectivity index (χ3n) is 2.02. The van der Waals surface area contributed by atoms with Crippen LogP contribution in [0.4, 0.5) is 0 Å². The fourth-order valence-electron chi connectivity index (χ4n) is 1.20. The van der Waals surface area contributed by atoms with Crippen LogP contribution in [0.25, 0.3) is 0 Å². The molecule has 0 atom stereocenters. The summed E-state index contributed by atoms with van der Waals surface area (Å²) in [6.07, 6.45) is 2.41. The quantitative estimate of drug-likeness (QED) is 0.545. The summed E-state index contributed by atoms with van der Waals surface area (Å²) in [7, 11) is 5.99. The normalized spacial score (nSPS) is 11.2. The van der Waals surface area contributed by atoms with Crippen molar-refractivity contribution in [3.05, 3.63) is 0 Å². The lowest BCUT2D eigenvalue weighted by molar-refractivity contribution is 0.200. The van der Waals surface area contributed by atoms with Crippen molar-refractivity contribution in [3.8, 4) is 0 Å². The number of nitrogens with one attached hydrogen (secondary N) is 1. The Labute approximate surface area is 98.9 Å². The van der Waals surface area contributed by atoms with Gasteiger partial charge in [0, 0.05) is 26.0 Å². The van der Waals surface area contributed by atoms with Crippen LogP contribution in [0.5, 0.6) is 0 Å². The number of nitrogens with zero attached hydrogens (tertiary/aromatic N) is 1. The minimum Gasteiger partial charge on any atom is -0.385 e. The highest BCUT2D eigenvalue weighted by molar-refractivity contribution is 7.99. The van der Waals surface area contributed by atoms with E-state index in [2.05, 4.69) is 24.3 Å². The number of methoxy groups -OCH3 is 1. The van der Waals surface area contributed by atoms with E-state index in [0.29, 0.717) is 0 Å². The summed E-state index contributed by atoms with van der Waals surface area (Å²) in [5.41, 5.74) is 0. The molecule has 0 aromatic heterocycles. The van der Waals surface area contributed by atoms with Gasteiger partial charge >= 0.3 is 0 Å². The monoisotopic (exact) mass is 234 g/mol. The molecule has 0 saturated heterocycles. The molecule has 0 saturated carbocycles. The van der Waals surface area contributed by atoms with Gasteiger partial charge in [-0.05, 0) is 45.8 Å². The van der Waals surface area contributed by atoms with Crippen molar-refractivity contribution >= 4 is 11.8 Å². The van der Waals surface area contributed by atoms with Crippen molar-refractivity contribution in [2.75, 3.05) is 59.0 Å². The summed E-state index contributed by atoms with van der Waals surface area (Å²) in [4.78, 5) is 2.22. The van der Waals surface area contributed by atoms with Crippen molar-refractivity contribution in [1.29, 1.82) is 0 Å². The molecule has 0 amide bonds. The number of ether oxygens (including phenoxy) is 1. The number of thioether (sulfide) groups is 1. The first-order valence-electron chi connectivity index (χ1n) is 5.69. The SMILES string of the molecule is COCCCSCCNCCCN(C)C. The van der Waals surface area contributed by atoms with E-state index in [4.69, 9.17) is 4.74 Å². The summed E-state index contributed by atoms with van der Waals surface area (Å²) in [5.74, 6) is 2.43. The van der Waals surface area contributed by atoms with Crippen molar-refractivity contribution in [2.45, 2.75) is 12.8 Å². The highest BCUT2D eigenvalue weighted by Crippen LogP contribution is 2.00. The molecule has 1 N–H and O–H groups in total. The second kappa shape index (κ2) is 12.3. The van der Waals surface area contributed by atoms with Crippen LogP contribution in [0.15, 0.2) is 0 Å². The zero-order valence-electron chi connectivity index (χ0n) is 10.4. The Bertz CT molecular complexity index is 123. The van der Waals surface area contributed by atoms with Crippen LogP contribution in [-0.4, -0.2) is 63.9 Å². The zero-order chi connectivity index (χ0) is 11.4. The van der Waals surface area contributed by atoms with Gasteiger partial charge in [0.25, 0.3) is 0 Å². The second-order valence-electron chi connectivity index (χ2n) is 3.87. The van der Waals surface area contributed by atoms with Gasteiger partial charge in [-0.25, -0.2) is 0 Å². The van der Waals surface area contributed by atoms with Gasteiger partial charge in [-0.15, -0.1) is 0 Å². The van der Waals surface area contributed by atoms with E-state index < -0.39 is 0 Å². The summed E-state index contributed by atoms with van der Waals surface area (Å²) < 4.78 is 4.99. The molecule has 0 aliphatic carbocycles. The summed E-state index contributed by atoms with van der Waals surface area (Å²) in [6, 6.07) is 0. The predicted molar refractivity (Wildman–Crippen MR) is 69.9 cm³/mol. The first-order valence-corrected chi connectivity index (χ1v) is 6.85. The molecule has 0 spiro atoms. The Kier molecular flexibility index (Phi) is 12.5. The highest BCUT2D eigenvalue weighted by Gasteiger charge is 1.92. The van der Waals surface area contributed by atoms with Crippen LogP contribution in [0.1, 0.15) is 12.8 Å². The van der Waals surface area contributed by atoms with Crippen LogP contribution < -0.4 is 5.32 Å². The molecule has 0 radical (unpaired) electrons. The maximum absolute atomic E-state index is 4.99. The van der Waals surface area contributed by atoms with Gasteiger partial charge in [-0.2, -0.15) is 11.8 Å². The molecular formula is C11H26N2OS. The van der Waals surface area contributed by atoms with Gasteiger partial charge in [0.15, 0.2) is 0 Å². The minimum absolute atomic E-state index is 0.892. The van der Waals surface area contributed by atoms with E-state index in [1.165, 1.54) is 30.9 Å². The van der Waals surface area contributed by atoms with Gasteiger partial charge < -0.3 is 15.0 Å². The maximum atomic E-state index is 4.99. The summed E-state index contributed by atoms with van der Waals surface area (Å²) in [5, 5.41) is 3.45. The van der Waals surface area contributed by atoms with Crippen LogP contribution in [0, 0.1) is 0 Å². The second-order valence-corrected chi connectivity index (χ2v) is 5.09. The topological polar surface area (TPSA) is 24.5 Å². The maximum Gasteiger partial charge on any atom is 0.0470 e. The number of hydrogen-bond donors (Lipinski definition) is 1. The Morgan fingerprint density at radius 1 is 1.13 bits per heavy atom. The van der Waals surface area contributed by atoms with Crippen molar-refractivity contribution in [3.63, 3.8) is 0 Å². The molecule has 3 nitrogen and oxygen atoms in total. The van der Waals surface area contributed by atoms with E-state index in [1.54, 1.807) is 7.11 Å². The first kappa shape index (κ1) is 15.2. The lowest BCUT2D eigenvalue weighted by Crippen LogP contribution is -2.23. The Balaban J connectivity index is 2.87. The van der Waals surface area contributed by atoms with Crippen molar-refractivity contribution in [1.82, 2.24) is 10.2 Å². The number of hydrogen-bond acceptors (Lipinski definition) is 4. The third kappa shape index (κ3) is 14.2. The van der Waals surface area contributed by atoms with Crippen molar-refractivity contribution < 1.29 is 4.74 Å². The van der Waals surface area contributed by atoms with E-state index >= 15 is 0 Å². The zero-order valence-corrected chi connectivity index (χ0v) is 11.2. The van der Waals surface area contributed by atoms with E-state index in [9.17, 15) is 0 Å². The van der Waals surface area contributed by atoms with E-state index in [0.717, 1.165) is 19.7 Å². The number of rotatable bonds is 11. The molecule has 0 rings (SSSR count). The molecule has 0 bridgehead atoms. The molecule has 4 heteroatoms. The van der Waals surface area contributed by atoms with Gasteiger partial charge in [0.1, 0.15) is 0 Å². The molecule has 0 aliphatic rings. The van der Waals surface area contributed by atoms with Gasteiger partial charge in [-0.1, -0.05) is 0 Å². The molecule has 0 aromatic carbocycles. The largest absolute Gasteiger partial charge is 0.385 e. The average Bonchev–Trinajstić information content (AvgIpc) is 2.20. The van der Waals surface area contributed by atoms with Crippen LogP contribution in [-0.2, 0) is 4.74 Å². The first-order chi connectivity index (χ1) is 7.27. The van der Waals surface area contributed by atoms with Gasteiger partial charge in [0.05, 0.1) is 0 Å². The lowest BCUT2D eigenvalue weighted by atomic mass is 10.4. The van der Waals surface area contributed by atoms with Gasteiger partial charge in [-0.3, -0.25) is 0 Å². The Hall–Kier alpha value is 0.230. The summed E-state index contributed by atoms with van der Waals surface area (Å²) >= 11 is 2.00. The smallest absolute Gasteiger partial charge is 0.0470 e. The average molecular weight is 234 g/mol. The lowest BCUT2D eigenvalue weighted by Gasteiger charge is -2.09. The molecule has 15 heavy (non-hydrogen) atoms. The molecule has 0 unspecified atom stereocenters. The van der Waals surface area contributed by atoms with E-state index in [1.807, 2.05) is 11.8 Å². The minimum atomic E-state index is 0.892. The fourth-order valence-corrected chi connectivity index (χ4v) is 2.01. The molecule has 0 heterocycles. The Morgan fingerprint density at radius 3 is 2.60 bits per heavy atom. The molecule has 92 valence electrons. The summed E-state index contributed by atoms with van der Waals surface area (Å²) in [6.45, 7) is 4.33. The third-order valence-corrected chi connectivity index (χ3v) is 3.09. The molecule has 0 aliphatic heterocycles. The molecule has 0 fully saturated rings. The van der Waals surface area contributed by atoms with Crippen LogP contribution >= 0.6 is 11.8 Å². The van der Waals surface area contributed by atoms with E-state index in [-0.39, 0.29) is 0 Å². The van der Waals surface area contributed by atoms with Crippen molar-refractivity contribution in [2.24, 2.45) is 0 Å². The molecular weight excluding hydrogens is 208 g/mol.